The first-order valence-corrected chi connectivity index (χ1v) is 5.72. The molecule has 0 unspecified atom stereocenters. The summed E-state index contributed by atoms with van der Waals surface area (Å²) in [5, 5.41) is 17.0. The van der Waals surface area contributed by atoms with Crippen molar-refractivity contribution in [2.24, 2.45) is 0 Å². The minimum atomic E-state index is -0.442. The van der Waals surface area contributed by atoms with E-state index in [1.54, 1.807) is 0 Å². The second-order valence-corrected chi connectivity index (χ2v) is 4.02. The molecule has 0 aliphatic heterocycles. The van der Waals surface area contributed by atoms with Crippen LogP contribution in [-0.4, -0.2) is 27.5 Å². The lowest BCUT2D eigenvalue weighted by atomic mass is 10.4. The largest absolute Gasteiger partial charge is 0.364 e. The van der Waals surface area contributed by atoms with Gasteiger partial charge in [0, 0.05) is 12.6 Å². The zero-order valence-electron chi connectivity index (χ0n) is 9.64. The van der Waals surface area contributed by atoms with Gasteiger partial charge in [-0.25, -0.2) is 9.97 Å². The molecule has 0 amide bonds. The summed E-state index contributed by atoms with van der Waals surface area (Å²) in [6.45, 7) is 2.64. The normalized spacial score (nSPS) is 14.4. The fraction of sp³-hybridized carbons (Fsp3) is 0.600. The van der Waals surface area contributed by atoms with E-state index in [4.69, 9.17) is 0 Å². The molecule has 7 heteroatoms. The molecule has 0 radical (unpaired) electrons. The van der Waals surface area contributed by atoms with Crippen LogP contribution in [0.15, 0.2) is 6.33 Å². The van der Waals surface area contributed by atoms with Gasteiger partial charge in [-0.05, 0) is 19.3 Å². The first kappa shape index (κ1) is 11.6. The van der Waals surface area contributed by atoms with Crippen LogP contribution in [0.5, 0.6) is 0 Å². The van der Waals surface area contributed by atoms with Crippen LogP contribution in [0.4, 0.5) is 17.3 Å². The lowest BCUT2D eigenvalue weighted by molar-refractivity contribution is -0.383. The van der Waals surface area contributed by atoms with Gasteiger partial charge in [-0.2, -0.15) is 0 Å². The molecule has 0 saturated heterocycles. The van der Waals surface area contributed by atoms with Crippen molar-refractivity contribution in [2.75, 3.05) is 17.2 Å². The molecule has 7 nitrogen and oxygen atoms in total. The van der Waals surface area contributed by atoms with Crippen molar-refractivity contribution in [1.82, 2.24) is 9.97 Å². The maximum Gasteiger partial charge on any atom is 0.353 e. The molecule has 0 bridgehead atoms. The van der Waals surface area contributed by atoms with Crippen LogP contribution in [0.3, 0.4) is 0 Å². The Bertz CT molecular complexity index is 419. The lowest BCUT2D eigenvalue weighted by Gasteiger charge is -2.08. The smallest absolute Gasteiger partial charge is 0.353 e. The van der Waals surface area contributed by atoms with E-state index in [-0.39, 0.29) is 11.5 Å². The first-order chi connectivity index (χ1) is 8.22. The topological polar surface area (TPSA) is 93.0 Å². The summed E-state index contributed by atoms with van der Waals surface area (Å²) in [6, 6.07) is 0.322. The highest BCUT2D eigenvalue weighted by atomic mass is 16.6. The standard InChI is InChI=1S/C10H15N5O2/c1-2-5-11-9-8(15(16)17)10(13-6-12-9)14-7-3-4-7/h6-7H,2-5H2,1H3,(H2,11,12,13,14). The summed E-state index contributed by atoms with van der Waals surface area (Å²) in [6.07, 6.45) is 4.31. The van der Waals surface area contributed by atoms with Gasteiger partial charge in [-0.3, -0.25) is 10.1 Å². The van der Waals surface area contributed by atoms with E-state index in [1.165, 1.54) is 6.33 Å². The minimum absolute atomic E-state index is 0.0622. The Labute approximate surface area is 98.8 Å². The maximum absolute atomic E-state index is 11.1. The van der Waals surface area contributed by atoms with Crippen LogP contribution < -0.4 is 10.6 Å². The molecule has 0 spiro atoms. The number of nitrogens with one attached hydrogen (secondary N) is 2. The van der Waals surface area contributed by atoms with Crippen molar-refractivity contribution in [3.05, 3.63) is 16.4 Å². The second-order valence-electron chi connectivity index (χ2n) is 4.02. The summed E-state index contributed by atoms with van der Waals surface area (Å²) in [4.78, 5) is 18.5. The summed E-state index contributed by atoms with van der Waals surface area (Å²) in [5.41, 5.74) is -0.0622. The zero-order chi connectivity index (χ0) is 12.3. The highest BCUT2D eigenvalue weighted by Gasteiger charge is 2.28. The van der Waals surface area contributed by atoms with Crippen molar-refractivity contribution >= 4 is 17.3 Å². The van der Waals surface area contributed by atoms with E-state index in [2.05, 4.69) is 20.6 Å². The lowest BCUT2D eigenvalue weighted by Crippen LogP contribution is -2.11. The fourth-order valence-corrected chi connectivity index (χ4v) is 1.45. The first-order valence-electron chi connectivity index (χ1n) is 5.72. The van der Waals surface area contributed by atoms with Crippen LogP contribution in [0, 0.1) is 10.1 Å². The quantitative estimate of drug-likeness (QED) is 0.578. The third-order valence-corrected chi connectivity index (χ3v) is 2.47. The SMILES string of the molecule is CCCNc1ncnc(NC2CC2)c1[N+](=O)[O-]. The Kier molecular flexibility index (Phi) is 3.36. The molecule has 0 atom stereocenters. The summed E-state index contributed by atoms with van der Waals surface area (Å²) >= 11 is 0. The Morgan fingerprint density at radius 3 is 2.76 bits per heavy atom. The molecule has 1 aromatic rings. The average Bonchev–Trinajstić information content (AvgIpc) is 3.10. The number of aromatic nitrogens is 2. The molecule has 17 heavy (non-hydrogen) atoms. The predicted octanol–water partition coefficient (Wildman–Crippen LogP) is 1.78. The molecule has 2 N–H and O–H groups in total. The van der Waals surface area contributed by atoms with E-state index in [0.717, 1.165) is 19.3 Å². The Balaban J connectivity index is 2.26. The van der Waals surface area contributed by atoms with Crippen molar-refractivity contribution in [2.45, 2.75) is 32.2 Å². The van der Waals surface area contributed by atoms with E-state index in [1.807, 2.05) is 6.92 Å². The second kappa shape index (κ2) is 4.94. The third kappa shape index (κ3) is 2.80. The Morgan fingerprint density at radius 2 is 2.18 bits per heavy atom. The molecule has 1 aliphatic carbocycles. The molecule has 2 rings (SSSR count). The van der Waals surface area contributed by atoms with Gasteiger partial charge in [-0.15, -0.1) is 0 Å². The summed E-state index contributed by atoms with van der Waals surface area (Å²) in [7, 11) is 0. The molecule has 1 aromatic heterocycles. The number of hydrogen-bond donors (Lipinski definition) is 2. The summed E-state index contributed by atoms with van der Waals surface area (Å²) < 4.78 is 0. The molecular weight excluding hydrogens is 222 g/mol. The third-order valence-electron chi connectivity index (χ3n) is 2.47. The van der Waals surface area contributed by atoms with Crippen molar-refractivity contribution in [1.29, 1.82) is 0 Å². The summed E-state index contributed by atoms with van der Waals surface area (Å²) in [5.74, 6) is 0.598. The highest BCUT2D eigenvalue weighted by molar-refractivity contribution is 5.69. The number of rotatable bonds is 6. The number of nitro groups is 1. The molecule has 0 aromatic carbocycles. The van der Waals surface area contributed by atoms with Crippen LogP contribution in [0.25, 0.3) is 0 Å². The molecule has 1 saturated carbocycles. The van der Waals surface area contributed by atoms with E-state index in [9.17, 15) is 10.1 Å². The highest BCUT2D eigenvalue weighted by Crippen LogP contribution is 2.32. The maximum atomic E-state index is 11.1. The van der Waals surface area contributed by atoms with Crippen LogP contribution in [-0.2, 0) is 0 Å². The Hall–Kier alpha value is -1.92. The molecule has 92 valence electrons. The van der Waals surface area contributed by atoms with Crippen LogP contribution in [0.1, 0.15) is 26.2 Å². The van der Waals surface area contributed by atoms with Crippen molar-refractivity contribution < 1.29 is 4.92 Å². The number of hydrogen-bond acceptors (Lipinski definition) is 6. The van der Waals surface area contributed by atoms with Gasteiger partial charge < -0.3 is 10.6 Å². The molecule has 1 aliphatic rings. The van der Waals surface area contributed by atoms with E-state index in [0.29, 0.717) is 18.4 Å². The van der Waals surface area contributed by atoms with Gasteiger partial charge in [0.1, 0.15) is 6.33 Å². The molecular formula is C10H15N5O2. The molecule has 1 heterocycles. The minimum Gasteiger partial charge on any atom is -0.364 e. The number of anilines is 2. The monoisotopic (exact) mass is 237 g/mol. The van der Waals surface area contributed by atoms with E-state index >= 15 is 0 Å². The van der Waals surface area contributed by atoms with Gasteiger partial charge in [0.15, 0.2) is 0 Å². The average molecular weight is 237 g/mol. The van der Waals surface area contributed by atoms with Gasteiger partial charge >= 0.3 is 5.69 Å². The van der Waals surface area contributed by atoms with Gasteiger partial charge in [-0.1, -0.05) is 6.92 Å². The Morgan fingerprint density at radius 1 is 1.47 bits per heavy atom. The van der Waals surface area contributed by atoms with Crippen LogP contribution >= 0.6 is 0 Å². The van der Waals surface area contributed by atoms with Crippen molar-refractivity contribution in [3.8, 4) is 0 Å². The van der Waals surface area contributed by atoms with Gasteiger partial charge in [0.25, 0.3) is 0 Å². The zero-order valence-corrected chi connectivity index (χ0v) is 9.64. The van der Waals surface area contributed by atoms with Crippen LogP contribution in [0.2, 0.25) is 0 Å². The van der Waals surface area contributed by atoms with E-state index < -0.39 is 4.92 Å². The van der Waals surface area contributed by atoms with Gasteiger partial charge in [0.05, 0.1) is 4.92 Å². The fourth-order valence-electron chi connectivity index (χ4n) is 1.45. The van der Waals surface area contributed by atoms with Gasteiger partial charge in [0.2, 0.25) is 11.6 Å². The predicted molar refractivity (Wildman–Crippen MR) is 64.1 cm³/mol. The molecule has 1 fully saturated rings. The number of nitrogens with zero attached hydrogens (tertiary/aromatic N) is 3. The van der Waals surface area contributed by atoms with Crippen molar-refractivity contribution in [3.63, 3.8) is 0 Å².